The molecule has 2 atom stereocenters. The Balaban J connectivity index is 0.00000180. The Hall–Kier alpha value is -0.0300. The monoisotopic (exact) mass is 325 g/mol. The first-order chi connectivity index (χ1) is 8.76. The summed E-state index contributed by atoms with van der Waals surface area (Å²) < 4.78 is 0. The van der Waals surface area contributed by atoms with Crippen LogP contribution in [-0.2, 0) is 4.79 Å². The topological polar surface area (TPSA) is 35.6 Å². The summed E-state index contributed by atoms with van der Waals surface area (Å²) in [5.41, 5.74) is 0. The van der Waals surface area contributed by atoms with Crippen molar-refractivity contribution in [3.63, 3.8) is 0 Å². The van der Waals surface area contributed by atoms with Crippen LogP contribution in [0.4, 0.5) is 0 Å². The second kappa shape index (κ2) is 9.82. The van der Waals surface area contributed by atoms with Gasteiger partial charge in [0.15, 0.2) is 0 Å². The van der Waals surface area contributed by atoms with Gasteiger partial charge >= 0.3 is 0 Å². The largest absolute Gasteiger partial charge is 0.341 e. The van der Waals surface area contributed by atoms with Crippen molar-refractivity contribution in [2.75, 3.05) is 39.8 Å². The van der Waals surface area contributed by atoms with Gasteiger partial charge in [-0.1, -0.05) is 6.92 Å². The van der Waals surface area contributed by atoms with Gasteiger partial charge in [-0.25, -0.2) is 0 Å². The molecule has 20 heavy (non-hydrogen) atoms. The number of nitrogens with zero attached hydrogens (tertiary/aromatic N) is 2. The minimum absolute atomic E-state index is 0. The summed E-state index contributed by atoms with van der Waals surface area (Å²) in [7, 11) is 1.99. The SMILES string of the molecule is CCCN1CCCC1C(=O)N1CCC(CNC)C1.Cl.Cl. The van der Waals surface area contributed by atoms with Crippen LogP contribution in [0.2, 0.25) is 0 Å². The van der Waals surface area contributed by atoms with Crippen molar-refractivity contribution in [3.8, 4) is 0 Å². The summed E-state index contributed by atoms with van der Waals surface area (Å²) in [4.78, 5) is 17.0. The molecule has 0 radical (unpaired) electrons. The normalized spacial score (nSPS) is 26.2. The smallest absolute Gasteiger partial charge is 0.239 e. The number of halogens is 2. The minimum Gasteiger partial charge on any atom is -0.341 e. The first-order valence-corrected chi connectivity index (χ1v) is 7.43. The van der Waals surface area contributed by atoms with Gasteiger partial charge in [-0.2, -0.15) is 0 Å². The van der Waals surface area contributed by atoms with Gasteiger partial charge < -0.3 is 10.2 Å². The van der Waals surface area contributed by atoms with Crippen LogP contribution < -0.4 is 5.32 Å². The molecule has 2 rings (SSSR count). The quantitative estimate of drug-likeness (QED) is 0.836. The van der Waals surface area contributed by atoms with Gasteiger partial charge in [-0.15, -0.1) is 24.8 Å². The number of carbonyl (C=O) groups excluding carboxylic acids is 1. The predicted octanol–water partition coefficient (Wildman–Crippen LogP) is 1.77. The highest BCUT2D eigenvalue weighted by Crippen LogP contribution is 2.23. The van der Waals surface area contributed by atoms with Gasteiger partial charge in [0.2, 0.25) is 5.91 Å². The van der Waals surface area contributed by atoms with Crippen LogP contribution in [0.1, 0.15) is 32.6 Å². The van der Waals surface area contributed by atoms with Gasteiger partial charge in [0, 0.05) is 13.1 Å². The van der Waals surface area contributed by atoms with E-state index in [1.807, 2.05) is 7.05 Å². The lowest BCUT2D eigenvalue weighted by molar-refractivity contribution is -0.135. The molecule has 0 aromatic heterocycles. The number of amides is 1. The molecule has 4 nitrogen and oxygen atoms in total. The zero-order valence-corrected chi connectivity index (χ0v) is 14.3. The van der Waals surface area contributed by atoms with E-state index in [1.54, 1.807) is 0 Å². The van der Waals surface area contributed by atoms with E-state index in [4.69, 9.17) is 0 Å². The number of hydrogen-bond acceptors (Lipinski definition) is 3. The van der Waals surface area contributed by atoms with Gasteiger partial charge in [-0.3, -0.25) is 9.69 Å². The Labute approximate surface area is 135 Å². The molecule has 120 valence electrons. The van der Waals surface area contributed by atoms with Crippen LogP contribution in [0.3, 0.4) is 0 Å². The maximum absolute atomic E-state index is 12.5. The predicted molar refractivity (Wildman–Crippen MR) is 88.0 cm³/mol. The molecule has 2 unspecified atom stereocenters. The molecule has 2 saturated heterocycles. The summed E-state index contributed by atoms with van der Waals surface area (Å²) in [6, 6.07) is 0.179. The first-order valence-electron chi connectivity index (χ1n) is 7.43. The molecular weight excluding hydrogens is 297 g/mol. The third kappa shape index (κ3) is 4.76. The molecule has 2 aliphatic rings. The van der Waals surface area contributed by atoms with Crippen LogP contribution in [-0.4, -0.2) is 61.5 Å². The second-order valence-corrected chi connectivity index (χ2v) is 5.69. The van der Waals surface area contributed by atoms with Crippen molar-refractivity contribution in [2.24, 2.45) is 5.92 Å². The van der Waals surface area contributed by atoms with Crippen LogP contribution in [0.5, 0.6) is 0 Å². The Kier molecular flexibility index (Phi) is 9.81. The molecule has 2 heterocycles. The van der Waals surface area contributed by atoms with Crippen LogP contribution in [0, 0.1) is 5.92 Å². The number of carbonyl (C=O) groups is 1. The number of rotatable bonds is 5. The zero-order valence-electron chi connectivity index (χ0n) is 12.6. The van der Waals surface area contributed by atoms with Crippen LogP contribution in [0.25, 0.3) is 0 Å². The fourth-order valence-electron chi connectivity index (χ4n) is 3.36. The molecule has 0 aromatic carbocycles. The second-order valence-electron chi connectivity index (χ2n) is 5.69. The van der Waals surface area contributed by atoms with Gasteiger partial charge in [0.05, 0.1) is 6.04 Å². The first kappa shape index (κ1) is 20.0. The van der Waals surface area contributed by atoms with E-state index < -0.39 is 0 Å². The van der Waals surface area contributed by atoms with Crippen molar-refractivity contribution in [3.05, 3.63) is 0 Å². The van der Waals surface area contributed by atoms with E-state index in [1.165, 1.54) is 6.42 Å². The summed E-state index contributed by atoms with van der Waals surface area (Å²) in [5, 5.41) is 3.22. The van der Waals surface area contributed by atoms with Gasteiger partial charge in [-0.05, 0) is 58.3 Å². The van der Waals surface area contributed by atoms with Gasteiger partial charge in [0.1, 0.15) is 0 Å². The summed E-state index contributed by atoms with van der Waals surface area (Å²) >= 11 is 0. The highest BCUT2D eigenvalue weighted by Gasteiger charge is 2.35. The third-order valence-corrected chi connectivity index (χ3v) is 4.25. The lowest BCUT2D eigenvalue weighted by Gasteiger charge is -2.27. The Morgan fingerprint density at radius 3 is 2.65 bits per heavy atom. The Bertz CT molecular complexity index is 292. The van der Waals surface area contributed by atoms with Crippen molar-refractivity contribution in [1.29, 1.82) is 0 Å². The molecular formula is C14H29Cl2N3O. The van der Waals surface area contributed by atoms with Crippen molar-refractivity contribution in [2.45, 2.75) is 38.6 Å². The molecule has 0 aliphatic carbocycles. The molecule has 2 aliphatic heterocycles. The molecule has 1 N–H and O–H groups in total. The number of hydrogen-bond donors (Lipinski definition) is 1. The van der Waals surface area contributed by atoms with Crippen LogP contribution >= 0.6 is 24.8 Å². The maximum Gasteiger partial charge on any atom is 0.239 e. The molecule has 1 amide bonds. The molecule has 0 aromatic rings. The average molecular weight is 326 g/mol. The maximum atomic E-state index is 12.5. The minimum atomic E-state index is 0. The molecule has 6 heteroatoms. The fourth-order valence-corrected chi connectivity index (χ4v) is 3.36. The average Bonchev–Trinajstić information content (AvgIpc) is 2.98. The van der Waals surface area contributed by atoms with E-state index in [9.17, 15) is 4.79 Å². The molecule has 0 saturated carbocycles. The Morgan fingerprint density at radius 1 is 1.25 bits per heavy atom. The van der Waals surface area contributed by atoms with E-state index in [0.717, 1.165) is 52.0 Å². The van der Waals surface area contributed by atoms with Gasteiger partial charge in [0.25, 0.3) is 0 Å². The summed E-state index contributed by atoms with van der Waals surface area (Å²) in [5.74, 6) is 1.04. The van der Waals surface area contributed by atoms with Crippen LogP contribution in [0.15, 0.2) is 0 Å². The highest BCUT2D eigenvalue weighted by molar-refractivity contribution is 5.85. The van der Waals surface area contributed by atoms with E-state index >= 15 is 0 Å². The lowest BCUT2D eigenvalue weighted by atomic mass is 10.1. The van der Waals surface area contributed by atoms with Crippen molar-refractivity contribution in [1.82, 2.24) is 15.1 Å². The highest BCUT2D eigenvalue weighted by atomic mass is 35.5. The molecule has 0 spiro atoms. The third-order valence-electron chi connectivity index (χ3n) is 4.25. The lowest BCUT2D eigenvalue weighted by Crippen LogP contribution is -2.45. The number of likely N-dealkylation sites (tertiary alicyclic amines) is 2. The molecule has 0 bridgehead atoms. The van der Waals surface area contributed by atoms with E-state index in [0.29, 0.717) is 11.8 Å². The standard InChI is InChI=1S/C14H27N3O.2ClH/c1-3-7-16-8-4-5-13(16)14(18)17-9-6-12(11-17)10-15-2;;/h12-13,15H,3-11H2,1-2H3;2*1H. The van der Waals surface area contributed by atoms with Crippen molar-refractivity contribution < 1.29 is 4.79 Å². The Morgan fingerprint density at radius 2 is 2.00 bits per heavy atom. The summed E-state index contributed by atoms with van der Waals surface area (Å²) in [6.07, 6.45) is 4.55. The van der Waals surface area contributed by atoms with E-state index in [-0.39, 0.29) is 30.9 Å². The van der Waals surface area contributed by atoms with Crippen molar-refractivity contribution >= 4 is 30.7 Å². The molecule has 2 fully saturated rings. The number of nitrogens with one attached hydrogen (secondary N) is 1. The fraction of sp³-hybridized carbons (Fsp3) is 0.929. The summed E-state index contributed by atoms with van der Waals surface area (Å²) in [6.45, 7) is 7.33. The van der Waals surface area contributed by atoms with E-state index in [2.05, 4.69) is 22.0 Å². The zero-order chi connectivity index (χ0) is 13.0.